The van der Waals surface area contributed by atoms with Gasteiger partial charge in [0.2, 0.25) is 5.91 Å². The molecule has 0 spiro atoms. The maximum Gasteiger partial charge on any atom is 0.264 e. The normalized spacial score (nSPS) is 11.1. The van der Waals surface area contributed by atoms with E-state index in [0.29, 0.717) is 11.4 Å². The highest BCUT2D eigenvalue weighted by atomic mass is 35.5. The lowest BCUT2D eigenvalue weighted by Crippen LogP contribution is -2.38. The van der Waals surface area contributed by atoms with Crippen LogP contribution < -0.4 is 9.62 Å². The molecule has 0 heterocycles. The number of carbonyl (C=O) groups is 1. The zero-order valence-corrected chi connectivity index (χ0v) is 16.9. The first kappa shape index (κ1) is 20.2. The van der Waals surface area contributed by atoms with Crippen LogP contribution in [0.25, 0.3) is 0 Å². The van der Waals surface area contributed by atoms with Gasteiger partial charge in [-0.2, -0.15) is 0 Å². The number of benzene rings is 3. The van der Waals surface area contributed by atoms with E-state index in [0.717, 1.165) is 4.31 Å². The largest absolute Gasteiger partial charge is 0.323 e. The fourth-order valence-corrected chi connectivity index (χ4v) is 4.34. The van der Waals surface area contributed by atoms with E-state index in [2.05, 4.69) is 5.32 Å². The van der Waals surface area contributed by atoms with Gasteiger partial charge in [-0.15, -0.1) is 0 Å². The SMILES string of the molecule is O=C(CN(c1ccccc1)S(=O)(=O)c1ccccc1)Nc1cccc(Cl)c1Cl. The number of para-hydroxylation sites is 1. The van der Waals surface area contributed by atoms with Crippen LogP contribution >= 0.6 is 23.2 Å². The maximum absolute atomic E-state index is 13.1. The lowest BCUT2D eigenvalue weighted by molar-refractivity contribution is -0.114. The number of amides is 1. The van der Waals surface area contributed by atoms with Crippen molar-refractivity contribution in [3.63, 3.8) is 0 Å². The van der Waals surface area contributed by atoms with Crippen molar-refractivity contribution in [3.05, 3.63) is 88.9 Å². The number of nitrogens with one attached hydrogen (secondary N) is 1. The first-order valence-corrected chi connectivity index (χ1v) is 10.5. The minimum Gasteiger partial charge on any atom is -0.323 e. The van der Waals surface area contributed by atoms with Crippen molar-refractivity contribution in [1.82, 2.24) is 0 Å². The summed E-state index contributed by atoms with van der Waals surface area (Å²) in [4.78, 5) is 12.7. The average molecular weight is 435 g/mol. The third kappa shape index (κ3) is 4.47. The van der Waals surface area contributed by atoms with E-state index in [1.54, 1.807) is 66.7 Å². The van der Waals surface area contributed by atoms with Crippen molar-refractivity contribution in [2.24, 2.45) is 0 Å². The predicted octanol–water partition coefficient (Wildman–Crippen LogP) is 4.83. The number of sulfonamides is 1. The Morgan fingerprint density at radius 3 is 2.11 bits per heavy atom. The molecule has 0 saturated carbocycles. The van der Waals surface area contributed by atoms with Gasteiger partial charge in [-0.25, -0.2) is 8.42 Å². The molecule has 3 rings (SSSR count). The molecule has 0 bridgehead atoms. The number of hydrogen-bond acceptors (Lipinski definition) is 3. The summed E-state index contributed by atoms with van der Waals surface area (Å²) in [5.74, 6) is -0.549. The van der Waals surface area contributed by atoms with Gasteiger partial charge in [0.25, 0.3) is 10.0 Å². The quantitative estimate of drug-likeness (QED) is 0.603. The molecule has 0 aromatic heterocycles. The maximum atomic E-state index is 13.1. The van der Waals surface area contributed by atoms with Crippen molar-refractivity contribution < 1.29 is 13.2 Å². The lowest BCUT2D eigenvalue weighted by Gasteiger charge is -2.24. The molecule has 0 aliphatic carbocycles. The third-order valence-corrected chi connectivity index (χ3v) is 6.50. The van der Waals surface area contributed by atoms with Crippen molar-refractivity contribution >= 4 is 50.5 Å². The van der Waals surface area contributed by atoms with Gasteiger partial charge in [0.1, 0.15) is 6.54 Å². The van der Waals surface area contributed by atoms with Crippen LogP contribution in [0.2, 0.25) is 10.0 Å². The zero-order valence-electron chi connectivity index (χ0n) is 14.5. The fraction of sp³-hybridized carbons (Fsp3) is 0.0500. The fourth-order valence-electron chi connectivity index (χ4n) is 2.55. The Morgan fingerprint density at radius 1 is 0.857 bits per heavy atom. The van der Waals surface area contributed by atoms with E-state index >= 15 is 0 Å². The summed E-state index contributed by atoms with van der Waals surface area (Å²) in [5, 5.41) is 3.09. The second-order valence-corrected chi connectivity index (χ2v) is 8.46. The summed E-state index contributed by atoms with van der Waals surface area (Å²) in [6, 6.07) is 21.2. The smallest absolute Gasteiger partial charge is 0.264 e. The van der Waals surface area contributed by atoms with E-state index in [-0.39, 0.29) is 14.9 Å². The molecule has 0 aliphatic heterocycles. The molecule has 0 aliphatic rings. The zero-order chi connectivity index (χ0) is 20.1. The summed E-state index contributed by atoms with van der Waals surface area (Å²) in [5.41, 5.74) is 0.683. The van der Waals surface area contributed by atoms with Gasteiger partial charge in [0.15, 0.2) is 0 Å². The molecule has 0 unspecified atom stereocenters. The topological polar surface area (TPSA) is 66.5 Å². The number of carbonyl (C=O) groups excluding carboxylic acids is 1. The molecule has 3 aromatic carbocycles. The van der Waals surface area contributed by atoms with Gasteiger partial charge < -0.3 is 5.32 Å². The second-order valence-electron chi connectivity index (χ2n) is 5.81. The van der Waals surface area contributed by atoms with Crippen LogP contribution in [-0.4, -0.2) is 20.9 Å². The minimum atomic E-state index is -3.95. The van der Waals surface area contributed by atoms with Gasteiger partial charge in [0, 0.05) is 0 Å². The molecular weight excluding hydrogens is 419 g/mol. The summed E-state index contributed by atoms with van der Waals surface area (Å²) in [6.45, 7) is -0.427. The van der Waals surface area contributed by atoms with Crippen molar-refractivity contribution in [1.29, 1.82) is 0 Å². The Hall–Kier alpha value is -2.54. The van der Waals surface area contributed by atoms with Crippen LogP contribution in [0, 0.1) is 0 Å². The van der Waals surface area contributed by atoms with Gasteiger partial charge in [-0.1, -0.05) is 65.7 Å². The summed E-state index contributed by atoms with van der Waals surface area (Å²) >= 11 is 12.1. The molecular formula is C20H16Cl2N2O3S. The number of anilines is 2. The number of nitrogens with zero attached hydrogens (tertiary/aromatic N) is 1. The number of halogens is 2. The molecule has 3 aromatic rings. The van der Waals surface area contributed by atoms with Gasteiger partial charge in [0.05, 0.1) is 26.3 Å². The van der Waals surface area contributed by atoms with Crippen LogP contribution in [0.3, 0.4) is 0 Å². The lowest BCUT2D eigenvalue weighted by atomic mass is 10.3. The van der Waals surface area contributed by atoms with Crippen LogP contribution in [0.4, 0.5) is 11.4 Å². The predicted molar refractivity (Wildman–Crippen MR) is 113 cm³/mol. The molecule has 8 heteroatoms. The third-order valence-electron chi connectivity index (χ3n) is 3.89. The average Bonchev–Trinajstić information content (AvgIpc) is 2.71. The molecule has 28 heavy (non-hydrogen) atoms. The standard InChI is InChI=1S/C20H16Cl2N2O3S/c21-17-12-7-13-18(20(17)22)23-19(25)14-24(15-8-3-1-4-9-15)28(26,27)16-10-5-2-6-11-16/h1-13H,14H2,(H,23,25). The Balaban J connectivity index is 1.92. The van der Waals surface area contributed by atoms with E-state index in [4.69, 9.17) is 23.2 Å². The molecule has 5 nitrogen and oxygen atoms in total. The monoisotopic (exact) mass is 434 g/mol. The van der Waals surface area contributed by atoms with E-state index in [9.17, 15) is 13.2 Å². The summed E-state index contributed by atoms with van der Waals surface area (Å²) < 4.78 is 27.3. The van der Waals surface area contributed by atoms with Crippen molar-refractivity contribution in [3.8, 4) is 0 Å². The van der Waals surface area contributed by atoms with E-state index in [1.807, 2.05) is 0 Å². The van der Waals surface area contributed by atoms with Crippen molar-refractivity contribution in [2.45, 2.75) is 4.90 Å². The summed E-state index contributed by atoms with van der Waals surface area (Å²) in [6.07, 6.45) is 0. The highest BCUT2D eigenvalue weighted by Crippen LogP contribution is 2.30. The first-order chi connectivity index (χ1) is 13.4. The molecule has 1 amide bonds. The van der Waals surface area contributed by atoms with Gasteiger partial charge >= 0.3 is 0 Å². The second kappa shape index (κ2) is 8.65. The molecule has 0 radical (unpaired) electrons. The van der Waals surface area contributed by atoms with Crippen LogP contribution in [0.1, 0.15) is 0 Å². The van der Waals surface area contributed by atoms with E-state index in [1.165, 1.54) is 12.1 Å². The molecule has 1 N–H and O–H groups in total. The van der Waals surface area contributed by atoms with Crippen LogP contribution in [-0.2, 0) is 14.8 Å². The first-order valence-electron chi connectivity index (χ1n) is 8.26. The Bertz CT molecular complexity index is 1080. The van der Waals surface area contributed by atoms with Crippen LogP contribution in [0.5, 0.6) is 0 Å². The molecule has 144 valence electrons. The highest BCUT2D eigenvalue weighted by Gasteiger charge is 2.27. The van der Waals surface area contributed by atoms with E-state index < -0.39 is 22.5 Å². The Morgan fingerprint density at radius 2 is 1.46 bits per heavy atom. The Kier molecular flexibility index (Phi) is 6.24. The van der Waals surface area contributed by atoms with Gasteiger partial charge in [-0.05, 0) is 36.4 Å². The summed E-state index contributed by atoms with van der Waals surface area (Å²) in [7, 11) is -3.95. The van der Waals surface area contributed by atoms with Crippen LogP contribution in [0.15, 0.2) is 83.8 Å². The minimum absolute atomic E-state index is 0.0902. The molecule has 0 fully saturated rings. The highest BCUT2D eigenvalue weighted by molar-refractivity contribution is 7.92. The number of rotatable bonds is 6. The molecule has 0 saturated heterocycles. The van der Waals surface area contributed by atoms with Gasteiger partial charge in [-0.3, -0.25) is 9.10 Å². The number of hydrogen-bond donors (Lipinski definition) is 1. The van der Waals surface area contributed by atoms with Crippen molar-refractivity contribution in [2.75, 3.05) is 16.2 Å². The molecule has 0 atom stereocenters. The Labute approximate surface area is 173 Å².